The van der Waals surface area contributed by atoms with Gasteiger partial charge in [-0.15, -0.1) is 65.4 Å². The second-order valence-electron chi connectivity index (χ2n) is 15.4. The summed E-state index contributed by atoms with van der Waals surface area (Å²) in [7, 11) is -1.23. The molecule has 6 aromatic carbocycles. The molecular weight excluding hydrogens is 963 g/mol. The van der Waals surface area contributed by atoms with E-state index < -0.39 is 19.7 Å². The Hall–Kier alpha value is -6.16. The Labute approximate surface area is 363 Å². The van der Waals surface area contributed by atoms with Gasteiger partial charge in [0.25, 0.3) is 0 Å². The molecule has 0 amide bonds. The zero-order chi connectivity index (χ0) is 40.3. The number of fused-ring (bicyclic) bond motifs is 7. The molecule has 60 heavy (non-hydrogen) atoms. The quantitative estimate of drug-likeness (QED) is 0.127. The molecule has 0 saturated heterocycles. The van der Waals surface area contributed by atoms with E-state index in [-0.39, 0.29) is 20.1 Å². The van der Waals surface area contributed by atoms with Crippen molar-refractivity contribution >= 4 is 77.9 Å². The van der Waals surface area contributed by atoms with Crippen molar-refractivity contribution in [2.24, 2.45) is 0 Å². The molecule has 0 aliphatic carbocycles. The summed E-state index contributed by atoms with van der Waals surface area (Å²) in [6, 6.07) is 50.9. The van der Waals surface area contributed by atoms with Crippen LogP contribution in [0.4, 0.5) is 8.78 Å². The van der Waals surface area contributed by atoms with Crippen LogP contribution >= 0.6 is 11.3 Å². The van der Waals surface area contributed by atoms with Gasteiger partial charge in [0, 0.05) is 75.4 Å². The van der Waals surface area contributed by atoms with Gasteiger partial charge in [0.2, 0.25) is 5.71 Å². The third-order valence-corrected chi connectivity index (χ3v) is 13.7. The molecule has 11 rings (SSSR count). The number of imidazole rings is 1. The van der Waals surface area contributed by atoms with Crippen LogP contribution in [-0.2, 0) is 20.1 Å². The van der Waals surface area contributed by atoms with Crippen LogP contribution in [0.2, 0.25) is 19.6 Å². The summed E-state index contributed by atoms with van der Waals surface area (Å²) in [6.45, 7) is 7.00. The average Bonchev–Trinajstić information content (AvgIpc) is 3.94. The number of halogens is 2. The SMILES string of the molecule is C[Si](C)(C)c1ccc(-c2[c-]cccc2)nc1.Fc1cc(F)cc(-c2cnc3oc4c(-c5nc6ccccc6n5-c5ccc6sc7ccccc7c6c5)[c-]ccc4c3c2)c1.[Ir]. The average molecular weight is 997 g/mol. The molecule has 0 aliphatic rings. The fourth-order valence-corrected chi connectivity index (χ4v) is 9.65. The number of nitrogens with zero attached hydrogens (tertiary/aromatic N) is 4. The molecule has 295 valence electrons. The van der Waals surface area contributed by atoms with Crippen molar-refractivity contribution < 1.29 is 33.3 Å². The summed E-state index contributed by atoms with van der Waals surface area (Å²) in [4.78, 5) is 14.1. The van der Waals surface area contributed by atoms with Crippen LogP contribution in [0.15, 0.2) is 156 Å². The smallest absolute Gasteiger partial charge is 0.216 e. The van der Waals surface area contributed by atoms with Crippen molar-refractivity contribution in [2.75, 3.05) is 0 Å². The first-order valence-corrected chi connectivity index (χ1v) is 23.5. The van der Waals surface area contributed by atoms with Crippen molar-refractivity contribution in [2.45, 2.75) is 19.6 Å². The van der Waals surface area contributed by atoms with Gasteiger partial charge in [-0.3, -0.25) is 4.98 Å². The number of pyridine rings is 2. The van der Waals surface area contributed by atoms with E-state index in [4.69, 9.17) is 9.40 Å². The van der Waals surface area contributed by atoms with Crippen LogP contribution in [0.5, 0.6) is 0 Å². The van der Waals surface area contributed by atoms with Crippen molar-refractivity contribution in [3.05, 3.63) is 176 Å². The number of furan rings is 1. The van der Waals surface area contributed by atoms with Gasteiger partial charge >= 0.3 is 0 Å². The van der Waals surface area contributed by atoms with Gasteiger partial charge in [0.15, 0.2) is 0 Å². The minimum atomic E-state index is -1.23. The van der Waals surface area contributed by atoms with Gasteiger partial charge in [-0.05, 0) is 71.0 Å². The molecular formula is C50H34F2IrN4OSSi-2. The number of para-hydroxylation sites is 2. The molecule has 5 aromatic heterocycles. The molecule has 5 nitrogen and oxygen atoms in total. The molecule has 0 saturated carbocycles. The summed E-state index contributed by atoms with van der Waals surface area (Å²) in [5, 5.41) is 5.36. The van der Waals surface area contributed by atoms with Gasteiger partial charge in [0.1, 0.15) is 11.6 Å². The largest absolute Gasteiger partial charge is 0.486 e. The zero-order valence-electron chi connectivity index (χ0n) is 32.6. The Morgan fingerprint density at radius 1 is 0.650 bits per heavy atom. The molecule has 0 unspecified atom stereocenters. The van der Waals surface area contributed by atoms with E-state index in [0.29, 0.717) is 33.8 Å². The Morgan fingerprint density at radius 3 is 2.22 bits per heavy atom. The molecule has 0 fully saturated rings. The summed E-state index contributed by atoms with van der Waals surface area (Å²) < 4.78 is 38.9. The van der Waals surface area contributed by atoms with Crippen molar-refractivity contribution in [3.8, 4) is 39.5 Å². The molecule has 0 spiro atoms. The Kier molecular flexibility index (Phi) is 10.3. The first-order valence-electron chi connectivity index (χ1n) is 19.2. The Balaban J connectivity index is 0.000000230. The second kappa shape index (κ2) is 15.8. The first-order chi connectivity index (χ1) is 28.7. The molecule has 5 heterocycles. The van der Waals surface area contributed by atoms with Crippen LogP contribution < -0.4 is 5.19 Å². The van der Waals surface area contributed by atoms with Crippen LogP contribution in [0.25, 0.3) is 92.7 Å². The van der Waals surface area contributed by atoms with E-state index in [9.17, 15) is 8.78 Å². The predicted octanol–water partition coefficient (Wildman–Crippen LogP) is 13.2. The molecule has 0 atom stereocenters. The number of thiophene rings is 1. The predicted molar refractivity (Wildman–Crippen MR) is 240 cm³/mol. The molecule has 0 aliphatic heterocycles. The maximum Gasteiger partial charge on any atom is 0.216 e. The van der Waals surface area contributed by atoms with E-state index in [1.165, 1.54) is 37.5 Å². The minimum absolute atomic E-state index is 0. The van der Waals surface area contributed by atoms with Crippen LogP contribution in [0, 0.1) is 23.8 Å². The van der Waals surface area contributed by atoms with E-state index in [1.807, 2.05) is 66.9 Å². The zero-order valence-corrected chi connectivity index (χ0v) is 36.8. The summed E-state index contributed by atoms with van der Waals surface area (Å²) in [6.07, 6.45) is 3.58. The van der Waals surface area contributed by atoms with E-state index in [2.05, 4.69) is 107 Å². The maximum absolute atomic E-state index is 14.0. The van der Waals surface area contributed by atoms with Gasteiger partial charge in [-0.25, -0.2) is 13.8 Å². The first kappa shape index (κ1) is 39.3. The van der Waals surface area contributed by atoms with E-state index >= 15 is 0 Å². The molecule has 1 radical (unpaired) electrons. The molecule has 0 N–H and O–H groups in total. The van der Waals surface area contributed by atoms with Gasteiger partial charge in [-0.2, -0.15) is 0 Å². The van der Waals surface area contributed by atoms with E-state index in [0.717, 1.165) is 44.8 Å². The summed E-state index contributed by atoms with van der Waals surface area (Å²) >= 11 is 1.78. The van der Waals surface area contributed by atoms with Crippen molar-refractivity contribution in [1.82, 2.24) is 19.5 Å². The number of hydrogen-bond donors (Lipinski definition) is 0. The number of hydrogen-bond acceptors (Lipinski definition) is 5. The topological polar surface area (TPSA) is 56.7 Å². The molecule has 0 bridgehead atoms. The Bertz CT molecular complexity index is 3340. The normalized spacial score (nSPS) is 11.6. The maximum atomic E-state index is 14.0. The number of benzene rings is 6. The third-order valence-electron chi connectivity index (χ3n) is 10.5. The van der Waals surface area contributed by atoms with E-state index in [1.54, 1.807) is 17.5 Å². The van der Waals surface area contributed by atoms with Crippen molar-refractivity contribution in [1.29, 1.82) is 0 Å². The minimum Gasteiger partial charge on any atom is -0.486 e. The fourth-order valence-electron chi connectivity index (χ4n) is 7.53. The van der Waals surface area contributed by atoms with Crippen LogP contribution in [0.1, 0.15) is 0 Å². The Morgan fingerprint density at radius 2 is 1.43 bits per heavy atom. The monoisotopic (exact) mass is 997 g/mol. The van der Waals surface area contributed by atoms with Crippen LogP contribution in [-0.4, -0.2) is 27.6 Å². The number of aromatic nitrogens is 4. The third kappa shape index (κ3) is 7.26. The standard InChI is InChI=1S/C36H18F2N3OS.C14H16NSi.Ir/c37-22-14-20(15-23(38)17-22)21-16-29-26-7-5-8-27(34(26)42-36(29)39-19-21)35-40-30-9-2-3-10-31(30)41(35)24-12-13-33-28(18-24)25-6-1-4-11-32(25)43-33;1-16(2,3)13-9-10-14(15-11-13)12-7-5-4-6-8-12;/h1-7,9-19H;4-7,9-11H,1-3H3;/q2*-1;. The number of rotatable bonds is 5. The van der Waals surface area contributed by atoms with Crippen LogP contribution in [0.3, 0.4) is 0 Å². The van der Waals surface area contributed by atoms with Gasteiger partial charge in [0.05, 0.1) is 30.5 Å². The second-order valence-corrected chi connectivity index (χ2v) is 21.6. The molecule has 10 heteroatoms. The van der Waals surface area contributed by atoms with Crippen molar-refractivity contribution in [3.63, 3.8) is 0 Å². The van der Waals surface area contributed by atoms with Gasteiger partial charge < -0.3 is 14.0 Å². The summed E-state index contributed by atoms with van der Waals surface area (Å²) in [5.41, 5.74) is 7.56. The van der Waals surface area contributed by atoms with Gasteiger partial charge in [-0.1, -0.05) is 73.1 Å². The molecule has 11 aromatic rings. The fraction of sp³-hybridized carbons (Fsp3) is 0.0600. The summed E-state index contributed by atoms with van der Waals surface area (Å²) in [5.74, 6) is -0.592.